The lowest BCUT2D eigenvalue weighted by Gasteiger charge is -2.39. The maximum Gasteiger partial charge on any atom is 0.238 e. The number of nitrogens with zero attached hydrogens (tertiary/aromatic N) is 1. The Morgan fingerprint density at radius 3 is 2.50 bits per heavy atom. The van der Waals surface area contributed by atoms with Gasteiger partial charge in [-0.1, -0.05) is 6.42 Å². The molecule has 0 aliphatic heterocycles. The summed E-state index contributed by atoms with van der Waals surface area (Å²) in [7, 11) is 3.84. The van der Waals surface area contributed by atoms with Crippen LogP contribution in [-0.4, -0.2) is 43.0 Å². The van der Waals surface area contributed by atoms with Crippen molar-refractivity contribution in [1.82, 2.24) is 10.2 Å². The van der Waals surface area contributed by atoms with Gasteiger partial charge in [0.15, 0.2) is 0 Å². The molecule has 0 spiro atoms. The van der Waals surface area contributed by atoms with E-state index in [2.05, 4.69) is 17.3 Å². The van der Waals surface area contributed by atoms with Crippen LogP contribution >= 0.6 is 0 Å². The van der Waals surface area contributed by atoms with Gasteiger partial charge >= 0.3 is 0 Å². The van der Waals surface area contributed by atoms with Crippen LogP contribution in [0.15, 0.2) is 0 Å². The van der Waals surface area contributed by atoms with E-state index in [9.17, 15) is 4.79 Å². The highest BCUT2D eigenvalue weighted by molar-refractivity contribution is 5.84. The fourth-order valence-corrected chi connectivity index (χ4v) is 1.74. The molecule has 1 amide bonds. The fourth-order valence-electron chi connectivity index (χ4n) is 1.74. The van der Waals surface area contributed by atoms with Crippen LogP contribution in [-0.2, 0) is 4.79 Å². The molecule has 0 heterocycles. The normalized spacial score (nSPS) is 21.7. The van der Waals surface area contributed by atoms with E-state index in [1.165, 1.54) is 19.3 Å². The Balaban J connectivity index is 2.50. The van der Waals surface area contributed by atoms with E-state index in [1.807, 2.05) is 6.92 Å². The molecule has 4 heteroatoms. The number of carbonyl (C=O) groups is 1. The number of nitrogens with one attached hydrogen (secondary N) is 1. The van der Waals surface area contributed by atoms with Crippen molar-refractivity contribution >= 4 is 5.91 Å². The third-order valence-electron chi connectivity index (χ3n) is 3.36. The maximum atomic E-state index is 11.2. The van der Waals surface area contributed by atoms with Gasteiger partial charge in [0.2, 0.25) is 5.91 Å². The second-order valence-electron chi connectivity index (χ2n) is 4.45. The molecule has 3 N–H and O–H groups in total. The molecule has 82 valence electrons. The topological polar surface area (TPSA) is 58.4 Å². The number of amides is 1. The largest absolute Gasteiger partial charge is 0.368 e. The summed E-state index contributed by atoms with van der Waals surface area (Å²) in [6.07, 6.45) is 3.80. The predicted molar refractivity (Wildman–Crippen MR) is 56.9 cm³/mol. The lowest BCUT2D eigenvalue weighted by Crippen LogP contribution is -2.59. The van der Waals surface area contributed by atoms with Crippen molar-refractivity contribution in [1.29, 1.82) is 0 Å². The van der Waals surface area contributed by atoms with Crippen LogP contribution in [0.4, 0.5) is 0 Å². The average molecular weight is 199 g/mol. The number of rotatable bonds is 5. The first-order valence-electron chi connectivity index (χ1n) is 5.18. The molecule has 0 bridgehead atoms. The highest BCUT2D eigenvalue weighted by Crippen LogP contribution is 2.24. The minimum Gasteiger partial charge on any atom is -0.368 e. The van der Waals surface area contributed by atoms with Gasteiger partial charge in [-0.2, -0.15) is 0 Å². The second kappa shape index (κ2) is 4.28. The standard InChI is InChI=1S/C10H21N3O/c1-10(12-2,9(11)14)7-13(3)8-5-4-6-8/h8,12H,4-7H2,1-3H3,(H2,11,14). The first-order chi connectivity index (χ1) is 6.49. The molecule has 0 radical (unpaired) electrons. The van der Waals surface area contributed by atoms with E-state index in [-0.39, 0.29) is 5.91 Å². The van der Waals surface area contributed by atoms with E-state index in [1.54, 1.807) is 7.05 Å². The molecule has 0 aromatic rings. The van der Waals surface area contributed by atoms with Gasteiger partial charge in [0.25, 0.3) is 0 Å². The Morgan fingerprint density at radius 1 is 1.64 bits per heavy atom. The molecule has 14 heavy (non-hydrogen) atoms. The van der Waals surface area contributed by atoms with Crippen LogP contribution in [0.1, 0.15) is 26.2 Å². The SMILES string of the molecule is CNC(C)(CN(C)C1CCC1)C(N)=O. The van der Waals surface area contributed by atoms with E-state index in [4.69, 9.17) is 5.73 Å². The van der Waals surface area contributed by atoms with Gasteiger partial charge in [-0.3, -0.25) is 4.79 Å². The molecule has 0 saturated heterocycles. The monoisotopic (exact) mass is 199 g/mol. The van der Waals surface area contributed by atoms with E-state index < -0.39 is 5.54 Å². The Kier molecular flexibility index (Phi) is 3.50. The highest BCUT2D eigenvalue weighted by atomic mass is 16.1. The summed E-state index contributed by atoms with van der Waals surface area (Å²) in [4.78, 5) is 13.5. The molecule has 1 aliphatic rings. The zero-order valence-corrected chi connectivity index (χ0v) is 9.34. The zero-order chi connectivity index (χ0) is 10.8. The van der Waals surface area contributed by atoms with Crippen LogP contribution in [0.25, 0.3) is 0 Å². The molecule has 0 aromatic carbocycles. The lowest BCUT2D eigenvalue weighted by molar-refractivity contribution is -0.124. The van der Waals surface area contributed by atoms with E-state index in [0.717, 1.165) is 0 Å². The Bertz CT molecular complexity index is 215. The van der Waals surface area contributed by atoms with Crippen LogP contribution in [0, 0.1) is 0 Å². The molecule has 1 atom stereocenters. The van der Waals surface area contributed by atoms with Crippen LogP contribution in [0.2, 0.25) is 0 Å². The Labute approximate surface area is 85.8 Å². The van der Waals surface area contributed by atoms with Crippen molar-refractivity contribution in [2.45, 2.75) is 37.8 Å². The first kappa shape index (κ1) is 11.5. The molecular formula is C10H21N3O. The summed E-state index contributed by atoms with van der Waals surface area (Å²) in [6, 6.07) is 0.641. The maximum absolute atomic E-state index is 11.2. The minimum atomic E-state index is -0.607. The Hall–Kier alpha value is -0.610. The Morgan fingerprint density at radius 2 is 2.21 bits per heavy atom. The number of hydrogen-bond acceptors (Lipinski definition) is 3. The lowest BCUT2D eigenvalue weighted by atomic mass is 9.90. The van der Waals surface area contributed by atoms with Crippen molar-refractivity contribution in [2.24, 2.45) is 5.73 Å². The summed E-state index contributed by atoms with van der Waals surface area (Å²) in [5, 5.41) is 3.00. The molecule has 1 aliphatic carbocycles. The third kappa shape index (κ3) is 2.25. The molecule has 4 nitrogen and oxygen atoms in total. The van der Waals surface area contributed by atoms with E-state index in [0.29, 0.717) is 12.6 Å². The molecule has 0 aromatic heterocycles. The van der Waals surface area contributed by atoms with Crippen LogP contribution < -0.4 is 11.1 Å². The van der Waals surface area contributed by atoms with Gasteiger partial charge in [0, 0.05) is 12.6 Å². The zero-order valence-electron chi connectivity index (χ0n) is 9.34. The predicted octanol–water partition coefficient (Wildman–Crippen LogP) is -0.0659. The van der Waals surface area contributed by atoms with Crippen molar-refractivity contribution in [3.05, 3.63) is 0 Å². The summed E-state index contributed by atoms with van der Waals surface area (Å²) < 4.78 is 0. The third-order valence-corrected chi connectivity index (χ3v) is 3.36. The fraction of sp³-hybridized carbons (Fsp3) is 0.900. The van der Waals surface area contributed by atoms with Crippen molar-refractivity contribution in [3.8, 4) is 0 Å². The van der Waals surface area contributed by atoms with Gasteiger partial charge < -0.3 is 16.0 Å². The van der Waals surface area contributed by atoms with Gasteiger partial charge in [0.1, 0.15) is 5.54 Å². The second-order valence-corrected chi connectivity index (χ2v) is 4.45. The van der Waals surface area contributed by atoms with E-state index >= 15 is 0 Å². The number of carbonyl (C=O) groups excluding carboxylic acids is 1. The van der Waals surface area contributed by atoms with Crippen LogP contribution in [0.3, 0.4) is 0 Å². The van der Waals surface area contributed by atoms with Gasteiger partial charge in [-0.15, -0.1) is 0 Å². The summed E-state index contributed by atoms with van der Waals surface area (Å²) in [5.74, 6) is -0.286. The van der Waals surface area contributed by atoms with Gasteiger partial charge in [-0.25, -0.2) is 0 Å². The number of likely N-dealkylation sites (N-methyl/N-ethyl adjacent to an activating group) is 2. The summed E-state index contributed by atoms with van der Waals surface area (Å²) in [5.41, 5.74) is 4.75. The molecular weight excluding hydrogens is 178 g/mol. The first-order valence-corrected chi connectivity index (χ1v) is 5.18. The molecule has 1 fully saturated rings. The van der Waals surface area contributed by atoms with Crippen LogP contribution in [0.5, 0.6) is 0 Å². The van der Waals surface area contributed by atoms with Gasteiger partial charge in [-0.05, 0) is 33.9 Å². The van der Waals surface area contributed by atoms with Gasteiger partial charge in [0.05, 0.1) is 0 Å². The van der Waals surface area contributed by atoms with Crippen molar-refractivity contribution < 1.29 is 4.79 Å². The average Bonchev–Trinajstić information content (AvgIpc) is 2.00. The van der Waals surface area contributed by atoms with Crippen molar-refractivity contribution in [2.75, 3.05) is 20.6 Å². The molecule has 1 saturated carbocycles. The quantitative estimate of drug-likeness (QED) is 0.652. The number of hydrogen-bond donors (Lipinski definition) is 2. The number of primary amides is 1. The highest BCUT2D eigenvalue weighted by Gasteiger charge is 2.33. The minimum absolute atomic E-state index is 0.286. The smallest absolute Gasteiger partial charge is 0.238 e. The summed E-state index contributed by atoms with van der Waals surface area (Å²) in [6.45, 7) is 2.54. The molecule has 1 unspecified atom stereocenters. The number of nitrogens with two attached hydrogens (primary N) is 1. The van der Waals surface area contributed by atoms with Crippen molar-refractivity contribution in [3.63, 3.8) is 0 Å². The molecule has 1 rings (SSSR count). The summed E-state index contributed by atoms with van der Waals surface area (Å²) >= 11 is 0.